The lowest BCUT2D eigenvalue weighted by Gasteiger charge is -2.29. The predicted molar refractivity (Wildman–Crippen MR) is 124 cm³/mol. The van der Waals surface area contributed by atoms with Crippen molar-refractivity contribution in [2.45, 2.75) is 71.5 Å². The SMILES string of the molecule is CCCCCCCC1COC(CCc2ccc(-c3ccc(OCC)cc3F)cc2)OC1. The summed E-state index contributed by atoms with van der Waals surface area (Å²) < 4.78 is 31.7. The standard InChI is InChI=1S/C27H37FO3/c1-3-5-6-7-8-9-22-19-30-27(31-20-22)17-12-21-10-13-23(14-11-21)25-16-15-24(29-4-2)18-26(25)28/h10-11,13-16,18,22,27H,3-9,12,17,19-20H2,1-2H3. The van der Waals surface area contributed by atoms with Crippen molar-refractivity contribution in [2.75, 3.05) is 19.8 Å². The minimum Gasteiger partial charge on any atom is -0.494 e. The van der Waals surface area contributed by atoms with Crippen LogP contribution in [-0.4, -0.2) is 26.1 Å². The molecule has 4 heteroatoms. The molecule has 0 N–H and O–H groups in total. The summed E-state index contributed by atoms with van der Waals surface area (Å²) in [7, 11) is 0. The maximum atomic E-state index is 14.4. The average Bonchev–Trinajstić information content (AvgIpc) is 2.79. The molecular formula is C27H37FO3. The van der Waals surface area contributed by atoms with Gasteiger partial charge in [0.1, 0.15) is 11.6 Å². The molecule has 1 aliphatic rings. The molecule has 3 nitrogen and oxygen atoms in total. The Hall–Kier alpha value is -1.91. The molecule has 3 rings (SSSR count). The lowest BCUT2D eigenvalue weighted by molar-refractivity contribution is -0.203. The van der Waals surface area contributed by atoms with Crippen LogP contribution in [0.15, 0.2) is 42.5 Å². The van der Waals surface area contributed by atoms with Gasteiger partial charge in [0.15, 0.2) is 6.29 Å². The molecule has 0 radical (unpaired) electrons. The molecule has 0 atom stereocenters. The van der Waals surface area contributed by atoms with Crippen LogP contribution in [0.4, 0.5) is 4.39 Å². The second kappa shape index (κ2) is 12.8. The van der Waals surface area contributed by atoms with Gasteiger partial charge < -0.3 is 14.2 Å². The van der Waals surface area contributed by atoms with Crippen LogP contribution >= 0.6 is 0 Å². The number of halogens is 1. The minimum absolute atomic E-state index is 0.112. The van der Waals surface area contributed by atoms with E-state index in [0.29, 0.717) is 23.8 Å². The third-order valence-corrected chi connectivity index (χ3v) is 5.94. The Kier molecular flexibility index (Phi) is 9.83. The van der Waals surface area contributed by atoms with Crippen LogP contribution in [0.2, 0.25) is 0 Å². The van der Waals surface area contributed by atoms with Crippen LogP contribution in [-0.2, 0) is 15.9 Å². The van der Waals surface area contributed by atoms with Gasteiger partial charge in [0.05, 0.1) is 19.8 Å². The van der Waals surface area contributed by atoms with E-state index >= 15 is 0 Å². The van der Waals surface area contributed by atoms with Crippen molar-refractivity contribution in [3.05, 3.63) is 53.8 Å². The smallest absolute Gasteiger partial charge is 0.157 e. The molecule has 2 aromatic carbocycles. The molecule has 0 saturated carbocycles. The molecule has 0 spiro atoms. The lowest BCUT2D eigenvalue weighted by Crippen LogP contribution is -2.32. The van der Waals surface area contributed by atoms with E-state index in [2.05, 4.69) is 19.1 Å². The maximum absolute atomic E-state index is 14.4. The Balaban J connectivity index is 1.40. The van der Waals surface area contributed by atoms with Gasteiger partial charge in [0, 0.05) is 24.0 Å². The highest BCUT2D eigenvalue weighted by molar-refractivity contribution is 5.65. The Morgan fingerprint density at radius 2 is 1.65 bits per heavy atom. The Bertz CT molecular complexity index is 767. The first-order valence-corrected chi connectivity index (χ1v) is 11.9. The van der Waals surface area contributed by atoms with Crippen LogP contribution < -0.4 is 4.74 Å². The van der Waals surface area contributed by atoms with E-state index in [1.165, 1.54) is 50.2 Å². The van der Waals surface area contributed by atoms with Gasteiger partial charge >= 0.3 is 0 Å². The summed E-state index contributed by atoms with van der Waals surface area (Å²) in [5.41, 5.74) is 2.67. The highest BCUT2D eigenvalue weighted by Crippen LogP contribution is 2.27. The zero-order valence-electron chi connectivity index (χ0n) is 19.1. The first-order chi connectivity index (χ1) is 15.2. The topological polar surface area (TPSA) is 27.7 Å². The Morgan fingerprint density at radius 3 is 2.32 bits per heavy atom. The van der Waals surface area contributed by atoms with Gasteiger partial charge in [-0.2, -0.15) is 0 Å². The van der Waals surface area contributed by atoms with E-state index in [4.69, 9.17) is 14.2 Å². The molecule has 0 aliphatic carbocycles. The summed E-state index contributed by atoms with van der Waals surface area (Å²) in [4.78, 5) is 0. The van der Waals surface area contributed by atoms with Gasteiger partial charge in [-0.25, -0.2) is 4.39 Å². The van der Waals surface area contributed by atoms with E-state index < -0.39 is 0 Å². The fourth-order valence-electron chi connectivity index (χ4n) is 4.07. The minimum atomic E-state index is -0.261. The summed E-state index contributed by atoms with van der Waals surface area (Å²) in [5.74, 6) is 0.843. The second-order valence-corrected chi connectivity index (χ2v) is 8.48. The highest BCUT2D eigenvalue weighted by atomic mass is 19.1. The largest absolute Gasteiger partial charge is 0.494 e. The number of benzene rings is 2. The number of hydrogen-bond acceptors (Lipinski definition) is 3. The van der Waals surface area contributed by atoms with Crippen molar-refractivity contribution in [1.82, 2.24) is 0 Å². The van der Waals surface area contributed by atoms with Crippen molar-refractivity contribution in [3.8, 4) is 16.9 Å². The zero-order valence-corrected chi connectivity index (χ0v) is 19.1. The van der Waals surface area contributed by atoms with Crippen LogP contribution in [0.5, 0.6) is 5.75 Å². The normalized spacial score (nSPS) is 18.8. The fourth-order valence-corrected chi connectivity index (χ4v) is 4.07. The molecule has 31 heavy (non-hydrogen) atoms. The third-order valence-electron chi connectivity index (χ3n) is 5.94. The number of aryl methyl sites for hydroxylation is 1. The zero-order chi connectivity index (χ0) is 21.9. The van der Waals surface area contributed by atoms with Crippen molar-refractivity contribution in [2.24, 2.45) is 5.92 Å². The quantitative estimate of drug-likeness (QED) is 0.335. The van der Waals surface area contributed by atoms with Gasteiger partial charge in [-0.3, -0.25) is 0 Å². The van der Waals surface area contributed by atoms with Crippen LogP contribution in [0.25, 0.3) is 11.1 Å². The van der Waals surface area contributed by atoms with Gasteiger partial charge in [-0.1, -0.05) is 63.3 Å². The molecule has 1 aliphatic heterocycles. The number of unbranched alkanes of at least 4 members (excludes halogenated alkanes) is 4. The van der Waals surface area contributed by atoms with Crippen molar-refractivity contribution in [1.29, 1.82) is 0 Å². The average molecular weight is 429 g/mol. The molecule has 1 fully saturated rings. The Morgan fingerprint density at radius 1 is 0.903 bits per heavy atom. The molecule has 0 aromatic heterocycles. The van der Waals surface area contributed by atoms with Crippen molar-refractivity contribution in [3.63, 3.8) is 0 Å². The summed E-state index contributed by atoms with van der Waals surface area (Å²) in [6.07, 6.45) is 9.41. The summed E-state index contributed by atoms with van der Waals surface area (Å²) in [6.45, 7) is 6.30. The summed E-state index contributed by atoms with van der Waals surface area (Å²) in [5, 5.41) is 0. The lowest BCUT2D eigenvalue weighted by atomic mass is 10.0. The van der Waals surface area contributed by atoms with Crippen LogP contribution in [0, 0.1) is 11.7 Å². The summed E-state index contributed by atoms with van der Waals surface area (Å²) in [6, 6.07) is 13.1. The molecule has 0 amide bonds. The second-order valence-electron chi connectivity index (χ2n) is 8.48. The van der Waals surface area contributed by atoms with Gasteiger partial charge in [0.2, 0.25) is 0 Å². The van der Waals surface area contributed by atoms with Crippen molar-refractivity contribution < 1.29 is 18.6 Å². The number of rotatable bonds is 12. The van der Waals surface area contributed by atoms with Crippen LogP contribution in [0.3, 0.4) is 0 Å². The third kappa shape index (κ3) is 7.62. The predicted octanol–water partition coefficient (Wildman–Crippen LogP) is 7.17. The molecule has 0 bridgehead atoms. The highest BCUT2D eigenvalue weighted by Gasteiger charge is 2.21. The molecule has 1 heterocycles. The first kappa shape index (κ1) is 23.7. The molecule has 2 aromatic rings. The summed E-state index contributed by atoms with van der Waals surface area (Å²) >= 11 is 0. The van der Waals surface area contributed by atoms with Gasteiger partial charge in [0.25, 0.3) is 0 Å². The van der Waals surface area contributed by atoms with Gasteiger partial charge in [-0.15, -0.1) is 0 Å². The number of ether oxygens (including phenoxy) is 3. The maximum Gasteiger partial charge on any atom is 0.157 e. The monoisotopic (exact) mass is 428 g/mol. The molecule has 170 valence electrons. The van der Waals surface area contributed by atoms with E-state index in [1.54, 1.807) is 6.07 Å². The fraction of sp³-hybridized carbons (Fsp3) is 0.556. The number of hydrogen-bond donors (Lipinski definition) is 0. The molecular weight excluding hydrogens is 391 g/mol. The van der Waals surface area contributed by atoms with E-state index in [-0.39, 0.29) is 12.1 Å². The Labute approximate surface area is 186 Å². The van der Waals surface area contributed by atoms with Crippen LogP contribution in [0.1, 0.15) is 64.4 Å². The van der Waals surface area contributed by atoms with E-state index in [1.807, 2.05) is 25.1 Å². The first-order valence-electron chi connectivity index (χ1n) is 11.9. The van der Waals surface area contributed by atoms with E-state index in [0.717, 1.165) is 31.6 Å². The van der Waals surface area contributed by atoms with Crippen molar-refractivity contribution >= 4 is 0 Å². The van der Waals surface area contributed by atoms with E-state index in [9.17, 15) is 4.39 Å². The molecule has 0 unspecified atom stereocenters. The molecule has 1 saturated heterocycles. The van der Waals surface area contributed by atoms with Gasteiger partial charge in [-0.05, 0) is 43.0 Å².